The number of imidazole rings is 1. The monoisotopic (exact) mass is 257 g/mol. The van der Waals surface area contributed by atoms with Gasteiger partial charge in [0.05, 0.1) is 11.6 Å². The van der Waals surface area contributed by atoms with E-state index in [1.165, 1.54) is 4.57 Å². The van der Waals surface area contributed by atoms with Crippen molar-refractivity contribution in [1.82, 2.24) is 14.1 Å². The van der Waals surface area contributed by atoms with Gasteiger partial charge < -0.3 is 4.57 Å². The molecule has 4 nitrogen and oxygen atoms in total. The molecule has 0 saturated carbocycles. The minimum Gasteiger partial charge on any atom is -0.302 e. The second-order valence-electron chi connectivity index (χ2n) is 3.42. The van der Waals surface area contributed by atoms with Crippen LogP contribution in [0.5, 0.6) is 0 Å². The number of halogens is 2. The molecule has 0 unspecified atom stereocenters. The van der Waals surface area contributed by atoms with Crippen LogP contribution >= 0.6 is 23.2 Å². The molecule has 0 radical (unpaired) electrons. The summed E-state index contributed by atoms with van der Waals surface area (Å²) in [7, 11) is 1.69. The van der Waals surface area contributed by atoms with Gasteiger partial charge in [-0.25, -0.2) is 9.78 Å². The molecule has 0 aliphatic heterocycles. The number of rotatable bonds is 2. The molecular weight excluding hydrogens is 249 g/mol. The summed E-state index contributed by atoms with van der Waals surface area (Å²) in [6.07, 6.45) is 4.97. The molecule has 0 aromatic carbocycles. The predicted molar refractivity (Wildman–Crippen MR) is 63.0 cm³/mol. The number of aryl methyl sites for hydroxylation is 1. The van der Waals surface area contributed by atoms with Gasteiger partial charge in [0.1, 0.15) is 5.15 Å². The number of hydrogen-bond donors (Lipinski definition) is 0. The average Bonchev–Trinajstić information content (AvgIpc) is 2.54. The number of pyridine rings is 1. The van der Waals surface area contributed by atoms with Crippen molar-refractivity contribution >= 4 is 23.2 Å². The van der Waals surface area contributed by atoms with Gasteiger partial charge in [-0.3, -0.25) is 4.57 Å². The Morgan fingerprint density at radius 2 is 2.12 bits per heavy atom. The van der Waals surface area contributed by atoms with Crippen LogP contribution in [-0.2, 0) is 13.6 Å². The summed E-state index contributed by atoms with van der Waals surface area (Å²) in [5, 5.41) is 0.852. The van der Waals surface area contributed by atoms with Gasteiger partial charge in [0.15, 0.2) is 0 Å². The summed E-state index contributed by atoms with van der Waals surface area (Å²) in [5.41, 5.74) is 0.672. The van der Waals surface area contributed by atoms with Crippen molar-refractivity contribution in [3.63, 3.8) is 0 Å². The molecule has 2 aromatic rings. The zero-order chi connectivity index (χ0) is 11.7. The lowest BCUT2D eigenvalue weighted by molar-refractivity contribution is 0.716. The highest BCUT2D eigenvalue weighted by Gasteiger charge is 2.05. The standard InChI is InChI=1S/C10H9Cl2N3O/c1-14-2-3-15(10(14)16)6-7-5-13-9(12)4-8(7)11/h2-5H,6H2,1H3. The molecule has 2 heterocycles. The zero-order valence-electron chi connectivity index (χ0n) is 8.52. The Labute approximate surface area is 102 Å². The van der Waals surface area contributed by atoms with E-state index in [0.717, 1.165) is 5.56 Å². The Bertz CT molecular complexity index is 574. The number of hydrogen-bond acceptors (Lipinski definition) is 2. The highest BCUT2D eigenvalue weighted by molar-refractivity contribution is 6.34. The van der Waals surface area contributed by atoms with E-state index < -0.39 is 0 Å². The maximum Gasteiger partial charge on any atom is 0.328 e. The molecular formula is C10H9Cl2N3O. The first kappa shape index (κ1) is 11.2. The Kier molecular flexibility index (Phi) is 3.03. The highest BCUT2D eigenvalue weighted by Crippen LogP contribution is 2.18. The first-order valence-corrected chi connectivity index (χ1v) is 5.35. The van der Waals surface area contributed by atoms with Gasteiger partial charge in [-0.05, 0) is 6.07 Å². The van der Waals surface area contributed by atoms with Gasteiger partial charge >= 0.3 is 5.69 Å². The third-order valence-corrected chi connectivity index (χ3v) is 2.81. The van der Waals surface area contributed by atoms with Crippen LogP contribution in [0.1, 0.15) is 5.56 Å². The molecule has 2 aromatic heterocycles. The van der Waals surface area contributed by atoms with E-state index >= 15 is 0 Å². The van der Waals surface area contributed by atoms with E-state index in [0.29, 0.717) is 16.7 Å². The van der Waals surface area contributed by atoms with Crippen LogP contribution in [0, 0.1) is 0 Å². The molecule has 0 fully saturated rings. The van der Waals surface area contributed by atoms with Crippen molar-refractivity contribution in [3.05, 3.63) is 50.9 Å². The fourth-order valence-electron chi connectivity index (χ4n) is 1.37. The fourth-order valence-corrected chi connectivity index (χ4v) is 1.79. The first-order valence-electron chi connectivity index (χ1n) is 4.59. The molecule has 0 aliphatic rings. The van der Waals surface area contributed by atoms with Crippen LogP contribution in [0.3, 0.4) is 0 Å². The van der Waals surface area contributed by atoms with E-state index in [4.69, 9.17) is 23.2 Å². The second kappa shape index (κ2) is 4.31. The highest BCUT2D eigenvalue weighted by atomic mass is 35.5. The molecule has 6 heteroatoms. The molecule has 84 valence electrons. The number of nitrogens with zero attached hydrogens (tertiary/aromatic N) is 3. The molecule has 0 atom stereocenters. The summed E-state index contributed by atoms with van der Waals surface area (Å²) in [6, 6.07) is 1.56. The second-order valence-corrected chi connectivity index (χ2v) is 4.21. The van der Waals surface area contributed by atoms with Gasteiger partial charge in [0.2, 0.25) is 0 Å². The Morgan fingerprint density at radius 1 is 1.38 bits per heavy atom. The third kappa shape index (κ3) is 2.13. The molecule has 0 saturated heterocycles. The number of aromatic nitrogens is 3. The van der Waals surface area contributed by atoms with Crippen LogP contribution in [0.4, 0.5) is 0 Å². The minimum atomic E-state index is -0.0917. The first-order chi connectivity index (χ1) is 7.58. The minimum absolute atomic E-state index is 0.0917. The van der Waals surface area contributed by atoms with Crippen LogP contribution in [-0.4, -0.2) is 14.1 Å². The lowest BCUT2D eigenvalue weighted by atomic mass is 10.3. The van der Waals surface area contributed by atoms with E-state index in [-0.39, 0.29) is 5.69 Å². The van der Waals surface area contributed by atoms with Crippen molar-refractivity contribution in [2.24, 2.45) is 7.05 Å². The lowest BCUT2D eigenvalue weighted by Gasteiger charge is -2.04. The quantitative estimate of drug-likeness (QED) is 0.772. The van der Waals surface area contributed by atoms with Crippen molar-refractivity contribution in [3.8, 4) is 0 Å². The van der Waals surface area contributed by atoms with E-state index in [9.17, 15) is 4.79 Å². The van der Waals surface area contributed by atoms with Gasteiger partial charge in [0, 0.05) is 31.2 Å². The molecule has 0 amide bonds. The molecule has 0 spiro atoms. The SMILES string of the molecule is Cn1ccn(Cc2cnc(Cl)cc2Cl)c1=O. The van der Waals surface area contributed by atoms with Crippen molar-refractivity contribution in [2.45, 2.75) is 6.54 Å². The lowest BCUT2D eigenvalue weighted by Crippen LogP contribution is -2.22. The van der Waals surface area contributed by atoms with E-state index in [1.54, 1.807) is 36.3 Å². The van der Waals surface area contributed by atoms with Crippen LogP contribution < -0.4 is 5.69 Å². The van der Waals surface area contributed by atoms with Crippen molar-refractivity contribution < 1.29 is 0 Å². The Morgan fingerprint density at radius 3 is 2.69 bits per heavy atom. The summed E-state index contributed by atoms with van der Waals surface area (Å²) >= 11 is 11.7. The maximum absolute atomic E-state index is 11.6. The largest absolute Gasteiger partial charge is 0.328 e. The zero-order valence-corrected chi connectivity index (χ0v) is 10.0. The smallest absolute Gasteiger partial charge is 0.302 e. The topological polar surface area (TPSA) is 39.8 Å². The van der Waals surface area contributed by atoms with Gasteiger partial charge in [-0.2, -0.15) is 0 Å². The average molecular weight is 258 g/mol. The Balaban J connectivity index is 2.34. The van der Waals surface area contributed by atoms with Gasteiger partial charge in [-0.1, -0.05) is 23.2 Å². The molecule has 0 N–H and O–H groups in total. The van der Waals surface area contributed by atoms with Gasteiger partial charge in [0.25, 0.3) is 0 Å². The summed E-state index contributed by atoms with van der Waals surface area (Å²) in [4.78, 5) is 15.5. The van der Waals surface area contributed by atoms with Crippen molar-refractivity contribution in [2.75, 3.05) is 0 Å². The summed E-state index contributed by atoms with van der Waals surface area (Å²) < 4.78 is 3.05. The van der Waals surface area contributed by atoms with Crippen LogP contribution in [0.25, 0.3) is 0 Å². The van der Waals surface area contributed by atoms with E-state index in [2.05, 4.69) is 4.98 Å². The third-order valence-electron chi connectivity index (χ3n) is 2.25. The Hall–Kier alpha value is -1.26. The molecule has 0 aliphatic carbocycles. The predicted octanol–water partition coefficient (Wildman–Crippen LogP) is 1.94. The normalized spacial score (nSPS) is 10.7. The van der Waals surface area contributed by atoms with Crippen LogP contribution in [0.15, 0.2) is 29.5 Å². The molecule has 0 bridgehead atoms. The van der Waals surface area contributed by atoms with Crippen molar-refractivity contribution in [1.29, 1.82) is 0 Å². The van der Waals surface area contributed by atoms with Crippen LogP contribution in [0.2, 0.25) is 10.2 Å². The summed E-state index contributed by atoms with van der Waals surface area (Å²) in [5.74, 6) is 0. The fraction of sp³-hybridized carbons (Fsp3) is 0.200. The van der Waals surface area contributed by atoms with E-state index in [1.807, 2.05) is 0 Å². The molecule has 16 heavy (non-hydrogen) atoms. The summed E-state index contributed by atoms with van der Waals surface area (Å²) in [6.45, 7) is 0.392. The molecule has 2 rings (SSSR count). The van der Waals surface area contributed by atoms with Gasteiger partial charge in [-0.15, -0.1) is 0 Å². The maximum atomic E-state index is 11.6.